The predicted molar refractivity (Wildman–Crippen MR) is 62.5 cm³/mol. The van der Waals surface area contributed by atoms with Crippen LogP contribution in [0, 0.1) is 0 Å². The molecule has 1 aliphatic heterocycles. The van der Waals surface area contributed by atoms with Crippen LogP contribution in [0.25, 0.3) is 0 Å². The fraction of sp³-hybridized carbons (Fsp3) is 1.00. The fourth-order valence-corrected chi connectivity index (χ4v) is 2.80. The molecule has 0 bridgehead atoms. The summed E-state index contributed by atoms with van der Waals surface area (Å²) in [7, 11) is 0. The van der Waals surface area contributed by atoms with Gasteiger partial charge in [-0.05, 0) is 39.2 Å². The maximum Gasteiger partial charge on any atom is 0.0106 e. The van der Waals surface area contributed by atoms with Crippen LogP contribution in [0.4, 0.5) is 0 Å². The minimum atomic E-state index is 0.782. The zero-order chi connectivity index (χ0) is 9.68. The quantitative estimate of drug-likeness (QED) is 0.689. The third-order valence-corrected chi connectivity index (χ3v) is 3.73. The molecular formula is C11H22BrN. The third-order valence-electron chi connectivity index (χ3n) is 3.27. The van der Waals surface area contributed by atoms with Crippen molar-refractivity contribution in [1.82, 2.24) is 4.90 Å². The highest BCUT2D eigenvalue weighted by atomic mass is 79.9. The van der Waals surface area contributed by atoms with Crippen molar-refractivity contribution in [2.45, 2.75) is 58.0 Å². The van der Waals surface area contributed by atoms with E-state index in [9.17, 15) is 0 Å². The zero-order valence-electron chi connectivity index (χ0n) is 8.93. The first kappa shape index (κ1) is 11.5. The van der Waals surface area contributed by atoms with Gasteiger partial charge in [0.25, 0.3) is 0 Å². The van der Waals surface area contributed by atoms with Crippen LogP contribution >= 0.6 is 15.9 Å². The smallest absolute Gasteiger partial charge is 0.0106 e. The summed E-state index contributed by atoms with van der Waals surface area (Å²) in [5, 5.41) is 1.16. The normalized spacial score (nSPS) is 27.5. The van der Waals surface area contributed by atoms with Crippen molar-refractivity contribution < 1.29 is 0 Å². The van der Waals surface area contributed by atoms with Crippen LogP contribution in [-0.2, 0) is 0 Å². The van der Waals surface area contributed by atoms with Gasteiger partial charge in [-0.3, -0.25) is 4.90 Å². The second-order valence-corrected chi connectivity index (χ2v) is 4.92. The maximum atomic E-state index is 3.56. The molecule has 1 aliphatic rings. The van der Waals surface area contributed by atoms with Gasteiger partial charge in [0.2, 0.25) is 0 Å². The highest BCUT2D eigenvalue weighted by Crippen LogP contribution is 2.23. The van der Waals surface area contributed by atoms with E-state index in [1.54, 1.807) is 0 Å². The lowest BCUT2D eigenvalue weighted by Crippen LogP contribution is -2.44. The van der Waals surface area contributed by atoms with E-state index >= 15 is 0 Å². The molecule has 0 aromatic carbocycles. The summed E-state index contributed by atoms with van der Waals surface area (Å²) in [6.07, 6.45) is 6.87. The third kappa shape index (κ3) is 3.25. The molecule has 1 saturated heterocycles. The Morgan fingerprint density at radius 3 is 2.85 bits per heavy atom. The molecule has 0 spiro atoms. The zero-order valence-corrected chi connectivity index (χ0v) is 10.5. The first-order valence-corrected chi connectivity index (χ1v) is 6.73. The molecule has 13 heavy (non-hydrogen) atoms. The van der Waals surface area contributed by atoms with Gasteiger partial charge >= 0.3 is 0 Å². The molecule has 0 aliphatic carbocycles. The number of hydrogen-bond donors (Lipinski definition) is 0. The Morgan fingerprint density at radius 2 is 2.23 bits per heavy atom. The Bertz CT molecular complexity index is 136. The summed E-state index contributed by atoms with van der Waals surface area (Å²) in [5.41, 5.74) is 0. The van der Waals surface area contributed by atoms with Gasteiger partial charge in [0, 0.05) is 17.4 Å². The van der Waals surface area contributed by atoms with Crippen molar-refractivity contribution in [3.8, 4) is 0 Å². The summed E-state index contributed by atoms with van der Waals surface area (Å²) in [6.45, 7) is 5.99. The molecule has 1 heterocycles. The monoisotopic (exact) mass is 247 g/mol. The number of halogens is 1. The predicted octanol–water partition coefficient (Wildman–Crippen LogP) is 3.42. The van der Waals surface area contributed by atoms with Gasteiger partial charge in [0.05, 0.1) is 0 Å². The molecule has 0 N–H and O–H groups in total. The van der Waals surface area contributed by atoms with Gasteiger partial charge in [0.1, 0.15) is 0 Å². The van der Waals surface area contributed by atoms with E-state index in [1.165, 1.54) is 38.6 Å². The molecule has 1 fully saturated rings. The number of hydrogen-bond acceptors (Lipinski definition) is 1. The van der Waals surface area contributed by atoms with E-state index < -0.39 is 0 Å². The number of piperidine rings is 1. The lowest BCUT2D eigenvalue weighted by atomic mass is 9.97. The molecule has 0 saturated carbocycles. The summed E-state index contributed by atoms with van der Waals surface area (Å²) < 4.78 is 0. The second-order valence-electron chi connectivity index (χ2n) is 4.12. The first-order valence-electron chi connectivity index (χ1n) is 5.61. The van der Waals surface area contributed by atoms with Crippen LogP contribution < -0.4 is 0 Å². The highest BCUT2D eigenvalue weighted by molar-refractivity contribution is 9.09. The van der Waals surface area contributed by atoms with Gasteiger partial charge in [-0.25, -0.2) is 0 Å². The summed E-state index contributed by atoms with van der Waals surface area (Å²) in [5.74, 6) is 0. The minimum Gasteiger partial charge on any atom is -0.298 e. The van der Waals surface area contributed by atoms with Crippen molar-refractivity contribution in [3.05, 3.63) is 0 Å². The summed E-state index contributed by atoms with van der Waals surface area (Å²) in [6, 6.07) is 1.63. The molecule has 2 atom stereocenters. The van der Waals surface area contributed by atoms with Crippen molar-refractivity contribution in [3.63, 3.8) is 0 Å². The lowest BCUT2D eigenvalue weighted by molar-refractivity contribution is 0.0989. The molecule has 0 radical (unpaired) electrons. The largest absolute Gasteiger partial charge is 0.298 e. The van der Waals surface area contributed by atoms with Gasteiger partial charge in [-0.1, -0.05) is 29.3 Å². The summed E-state index contributed by atoms with van der Waals surface area (Å²) >= 11 is 3.56. The first-order chi connectivity index (χ1) is 6.29. The Labute approximate surface area is 91.0 Å². The van der Waals surface area contributed by atoms with Crippen LogP contribution in [0.2, 0.25) is 0 Å². The fourth-order valence-electron chi connectivity index (χ4n) is 2.27. The number of alkyl halides is 1. The van der Waals surface area contributed by atoms with Crippen LogP contribution in [0.5, 0.6) is 0 Å². The Hall–Kier alpha value is 0.440. The Kier molecular flexibility index (Phi) is 5.34. The number of rotatable bonds is 4. The van der Waals surface area contributed by atoms with Crippen molar-refractivity contribution in [1.29, 1.82) is 0 Å². The van der Waals surface area contributed by atoms with E-state index in [0.717, 1.165) is 17.4 Å². The van der Waals surface area contributed by atoms with E-state index in [1.807, 2.05) is 0 Å². The molecule has 2 unspecified atom stereocenters. The van der Waals surface area contributed by atoms with Crippen LogP contribution in [0.3, 0.4) is 0 Å². The molecule has 0 aromatic rings. The minimum absolute atomic E-state index is 0.782. The molecule has 78 valence electrons. The average molecular weight is 248 g/mol. The van der Waals surface area contributed by atoms with E-state index in [4.69, 9.17) is 0 Å². The van der Waals surface area contributed by atoms with E-state index in [2.05, 4.69) is 34.7 Å². The van der Waals surface area contributed by atoms with Gasteiger partial charge < -0.3 is 0 Å². The van der Waals surface area contributed by atoms with Crippen molar-refractivity contribution in [2.24, 2.45) is 0 Å². The Morgan fingerprint density at radius 1 is 1.46 bits per heavy atom. The summed E-state index contributed by atoms with van der Waals surface area (Å²) in [4.78, 5) is 2.71. The molecule has 0 amide bonds. The SMILES string of the molecule is CCC(C)N1CCCCC1CCBr. The van der Waals surface area contributed by atoms with Gasteiger partial charge in [-0.2, -0.15) is 0 Å². The lowest BCUT2D eigenvalue weighted by Gasteiger charge is -2.39. The van der Waals surface area contributed by atoms with Crippen LogP contribution in [-0.4, -0.2) is 28.9 Å². The topological polar surface area (TPSA) is 3.24 Å². The van der Waals surface area contributed by atoms with E-state index in [0.29, 0.717) is 0 Å². The molecular weight excluding hydrogens is 226 g/mol. The number of likely N-dealkylation sites (tertiary alicyclic amines) is 1. The van der Waals surface area contributed by atoms with Crippen molar-refractivity contribution in [2.75, 3.05) is 11.9 Å². The van der Waals surface area contributed by atoms with E-state index in [-0.39, 0.29) is 0 Å². The second kappa shape index (κ2) is 6.02. The van der Waals surface area contributed by atoms with Crippen LogP contribution in [0.15, 0.2) is 0 Å². The van der Waals surface area contributed by atoms with Crippen LogP contribution in [0.1, 0.15) is 46.0 Å². The highest BCUT2D eigenvalue weighted by Gasteiger charge is 2.24. The number of nitrogens with zero attached hydrogens (tertiary/aromatic N) is 1. The van der Waals surface area contributed by atoms with Crippen molar-refractivity contribution >= 4 is 15.9 Å². The molecule has 2 heteroatoms. The average Bonchev–Trinajstić information content (AvgIpc) is 2.18. The Balaban J connectivity index is 2.45. The maximum absolute atomic E-state index is 3.56. The standard InChI is InChI=1S/C11H22BrN/c1-3-10(2)13-9-5-4-6-11(13)7-8-12/h10-11H,3-9H2,1-2H3. The molecule has 0 aromatic heterocycles. The molecule has 1 rings (SSSR count). The van der Waals surface area contributed by atoms with Gasteiger partial charge in [0.15, 0.2) is 0 Å². The molecule has 1 nitrogen and oxygen atoms in total. The van der Waals surface area contributed by atoms with Gasteiger partial charge in [-0.15, -0.1) is 0 Å².